The maximum atomic E-state index is 14.9. The first-order chi connectivity index (χ1) is 16.3. The van der Waals surface area contributed by atoms with Gasteiger partial charge in [0.05, 0.1) is 36.9 Å². The van der Waals surface area contributed by atoms with Gasteiger partial charge < -0.3 is 15.4 Å². The van der Waals surface area contributed by atoms with Gasteiger partial charge in [0.1, 0.15) is 0 Å². The summed E-state index contributed by atoms with van der Waals surface area (Å²) >= 11 is 6.16. The van der Waals surface area contributed by atoms with E-state index in [0.29, 0.717) is 4.90 Å². The zero-order valence-corrected chi connectivity index (χ0v) is 20.4. The van der Waals surface area contributed by atoms with Gasteiger partial charge >= 0.3 is 0 Å². The van der Waals surface area contributed by atoms with Crippen molar-refractivity contribution >= 4 is 35.1 Å². The van der Waals surface area contributed by atoms with Gasteiger partial charge in [0, 0.05) is 18.1 Å². The molecule has 0 radical (unpaired) electrons. The van der Waals surface area contributed by atoms with Crippen molar-refractivity contribution in [1.82, 2.24) is 20.4 Å². The second-order valence-corrected chi connectivity index (χ2v) is 9.52. The van der Waals surface area contributed by atoms with E-state index < -0.39 is 42.3 Å². The molecule has 1 aliphatic heterocycles. The average Bonchev–Trinajstić information content (AvgIpc) is 3.02. The fourth-order valence-electron chi connectivity index (χ4n) is 3.37. The Bertz CT molecular complexity index is 1100. The van der Waals surface area contributed by atoms with Crippen molar-refractivity contribution in [2.24, 2.45) is 5.41 Å². The van der Waals surface area contributed by atoms with Gasteiger partial charge in [-0.25, -0.2) is 8.78 Å². The molecule has 1 atom stereocenters. The second kappa shape index (κ2) is 10.3. The van der Waals surface area contributed by atoms with Crippen LogP contribution in [0.15, 0.2) is 30.3 Å². The van der Waals surface area contributed by atoms with E-state index >= 15 is 0 Å². The van der Waals surface area contributed by atoms with Gasteiger partial charge in [0.15, 0.2) is 11.0 Å². The molecule has 2 heterocycles. The molecular formula is C23H26ClF2N5O4. The standard InChI is InChI=1S/C23H26ClF2N5O4/c1-22(2,3)21(34)28-17-9-15(18(24)30-29-17)16(10-35-4)27-11-23(25,26)12-31-19(32)13-7-5-6-8-14(13)20(31)33/h5-9,16,27H,10-12H2,1-4H3,(H,28,29,34)/t16-/m1/s1. The lowest BCUT2D eigenvalue weighted by molar-refractivity contribution is -0.123. The number of nitrogens with one attached hydrogen (secondary N) is 2. The Balaban J connectivity index is 1.73. The van der Waals surface area contributed by atoms with Gasteiger partial charge in [-0.3, -0.25) is 19.3 Å². The Morgan fingerprint density at radius 2 is 1.74 bits per heavy atom. The number of nitrogens with zero attached hydrogens (tertiary/aromatic N) is 3. The third-order valence-corrected chi connectivity index (χ3v) is 5.58. The van der Waals surface area contributed by atoms with Gasteiger partial charge in [-0.1, -0.05) is 44.5 Å². The number of carbonyl (C=O) groups is 3. The number of halogens is 3. The molecule has 2 N–H and O–H groups in total. The van der Waals surface area contributed by atoms with Gasteiger partial charge in [0.25, 0.3) is 17.7 Å². The molecule has 1 aromatic carbocycles. The number of hydrogen-bond acceptors (Lipinski definition) is 7. The van der Waals surface area contributed by atoms with E-state index in [-0.39, 0.29) is 40.2 Å². The van der Waals surface area contributed by atoms with Gasteiger partial charge in [-0.05, 0) is 18.2 Å². The number of amides is 3. The van der Waals surface area contributed by atoms with Crippen LogP contribution >= 0.6 is 11.6 Å². The first-order valence-electron chi connectivity index (χ1n) is 10.7. The number of methoxy groups -OCH3 is 1. The number of anilines is 1. The highest BCUT2D eigenvalue weighted by Crippen LogP contribution is 2.28. The molecule has 1 aliphatic rings. The summed E-state index contributed by atoms with van der Waals surface area (Å²) in [6.45, 7) is 3.12. The molecule has 188 valence electrons. The Morgan fingerprint density at radius 3 is 2.29 bits per heavy atom. The summed E-state index contributed by atoms with van der Waals surface area (Å²) in [4.78, 5) is 37.7. The van der Waals surface area contributed by atoms with Gasteiger partial charge in [-0.15, -0.1) is 10.2 Å². The Hall–Kier alpha value is -3.02. The number of aromatic nitrogens is 2. The van der Waals surface area contributed by atoms with E-state index in [1.807, 2.05) is 0 Å². The molecule has 9 nitrogen and oxygen atoms in total. The number of carbonyl (C=O) groups excluding carboxylic acids is 3. The van der Waals surface area contributed by atoms with E-state index in [4.69, 9.17) is 16.3 Å². The highest BCUT2D eigenvalue weighted by atomic mass is 35.5. The van der Waals surface area contributed by atoms with E-state index in [1.165, 1.54) is 25.3 Å². The maximum absolute atomic E-state index is 14.9. The monoisotopic (exact) mass is 509 g/mol. The van der Waals surface area contributed by atoms with Crippen LogP contribution in [0.25, 0.3) is 0 Å². The van der Waals surface area contributed by atoms with Gasteiger partial charge in [-0.2, -0.15) is 0 Å². The van der Waals surface area contributed by atoms with Gasteiger partial charge in [0.2, 0.25) is 5.91 Å². The van der Waals surface area contributed by atoms with Crippen molar-refractivity contribution in [2.45, 2.75) is 32.7 Å². The molecule has 3 amide bonds. The highest BCUT2D eigenvalue weighted by Gasteiger charge is 2.42. The first-order valence-corrected chi connectivity index (χ1v) is 11.1. The van der Waals surface area contributed by atoms with Crippen molar-refractivity contribution < 1.29 is 27.9 Å². The van der Waals surface area contributed by atoms with Crippen LogP contribution in [0.5, 0.6) is 0 Å². The van der Waals surface area contributed by atoms with E-state index in [9.17, 15) is 23.2 Å². The molecule has 35 heavy (non-hydrogen) atoms. The Morgan fingerprint density at radius 1 is 1.14 bits per heavy atom. The lowest BCUT2D eigenvalue weighted by Crippen LogP contribution is -2.46. The number of imide groups is 1. The zero-order chi connectivity index (χ0) is 26.0. The van der Waals surface area contributed by atoms with Crippen LogP contribution < -0.4 is 10.6 Å². The summed E-state index contributed by atoms with van der Waals surface area (Å²) in [6, 6.07) is 6.56. The van der Waals surface area contributed by atoms with Crippen LogP contribution in [0.2, 0.25) is 5.15 Å². The second-order valence-electron chi connectivity index (χ2n) is 9.17. The number of alkyl halides is 2. The van der Waals surface area contributed by atoms with Crippen molar-refractivity contribution in [3.63, 3.8) is 0 Å². The smallest absolute Gasteiger partial charge is 0.278 e. The third kappa shape index (κ3) is 6.16. The molecular weight excluding hydrogens is 484 g/mol. The molecule has 2 aromatic rings. The number of benzene rings is 1. The summed E-state index contributed by atoms with van der Waals surface area (Å²) in [5.41, 5.74) is -0.224. The summed E-state index contributed by atoms with van der Waals surface area (Å²) in [7, 11) is 1.39. The Kier molecular flexibility index (Phi) is 7.83. The molecule has 12 heteroatoms. The lowest BCUT2D eigenvalue weighted by atomic mass is 9.96. The zero-order valence-electron chi connectivity index (χ0n) is 19.7. The number of rotatable bonds is 9. The molecule has 0 bridgehead atoms. The minimum Gasteiger partial charge on any atom is -0.383 e. The predicted molar refractivity (Wildman–Crippen MR) is 125 cm³/mol. The summed E-state index contributed by atoms with van der Waals surface area (Å²) < 4.78 is 34.9. The normalized spacial score (nSPS) is 14.8. The van der Waals surface area contributed by atoms with Crippen molar-refractivity contribution in [2.75, 3.05) is 32.1 Å². The van der Waals surface area contributed by atoms with E-state index in [1.54, 1.807) is 32.9 Å². The van der Waals surface area contributed by atoms with Crippen LogP contribution in [0.4, 0.5) is 14.6 Å². The maximum Gasteiger partial charge on any atom is 0.278 e. The number of ether oxygens (including phenoxy) is 1. The van der Waals surface area contributed by atoms with E-state index in [0.717, 1.165) is 0 Å². The Labute approximate surface area is 206 Å². The van der Waals surface area contributed by atoms with Crippen LogP contribution in [-0.2, 0) is 9.53 Å². The minimum absolute atomic E-state index is 0.0544. The number of hydrogen-bond donors (Lipinski definition) is 2. The number of fused-ring (bicyclic) bond motifs is 1. The van der Waals surface area contributed by atoms with Crippen LogP contribution in [-0.4, -0.2) is 65.5 Å². The third-order valence-electron chi connectivity index (χ3n) is 5.28. The lowest BCUT2D eigenvalue weighted by Gasteiger charge is -2.26. The van der Waals surface area contributed by atoms with Crippen molar-refractivity contribution in [3.8, 4) is 0 Å². The van der Waals surface area contributed by atoms with Crippen LogP contribution in [0.1, 0.15) is 53.1 Å². The molecule has 0 unspecified atom stereocenters. The molecule has 0 saturated heterocycles. The predicted octanol–water partition coefficient (Wildman–Crippen LogP) is 3.32. The molecule has 1 aromatic heterocycles. The summed E-state index contributed by atoms with van der Waals surface area (Å²) in [5, 5.41) is 12.9. The summed E-state index contributed by atoms with van der Waals surface area (Å²) in [6.07, 6.45) is 0. The molecule has 0 spiro atoms. The largest absolute Gasteiger partial charge is 0.383 e. The van der Waals surface area contributed by atoms with Crippen LogP contribution in [0, 0.1) is 5.41 Å². The molecule has 0 aliphatic carbocycles. The SMILES string of the molecule is COC[C@@H](NCC(F)(F)CN1C(=O)c2ccccc2C1=O)c1cc(NC(=O)C(C)(C)C)nnc1Cl. The summed E-state index contributed by atoms with van der Waals surface area (Å²) in [5.74, 6) is -5.21. The van der Waals surface area contributed by atoms with Crippen molar-refractivity contribution in [1.29, 1.82) is 0 Å². The topological polar surface area (TPSA) is 114 Å². The molecule has 3 rings (SSSR count). The average molecular weight is 510 g/mol. The molecule has 0 saturated carbocycles. The quantitative estimate of drug-likeness (QED) is 0.498. The van der Waals surface area contributed by atoms with Crippen molar-refractivity contribution in [3.05, 3.63) is 52.2 Å². The van der Waals surface area contributed by atoms with E-state index in [2.05, 4.69) is 20.8 Å². The fourth-order valence-corrected chi connectivity index (χ4v) is 3.59. The highest BCUT2D eigenvalue weighted by molar-refractivity contribution is 6.30. The fraction of sp³-hybridized carbons (Fsp3) is 0.435. The first kappa shape index (κ1) is 26.6. The molecule has 0 fully saturated rings. The van der Waals surface area contributed by atoms with Crippen LogP contribution in [0.3, 0.4) is 0 Å². The minimum atomic E-state index is -3.46.